The van der Waals surface area contributed by atoms with Crippen molar-refractivity contribution < 1.29 is 8.42 Å². The molecule has 0 aliphatic carbocycles. The summed E-state index contributed by atoms with van der Waals surface area (Å²) in [6, 6.07) is 7.03. The van der Waals surface area contributed by atoms with Gasteiger partial charge in [-0.3, -0.25) is 0 Å². The molecule has 0 heterocycles. The van der Waals surface area contributed by atoms with Gasteiger partial charge in [0.25, 0.3) is 0 Å². The van der Waals surface area contributed by atoms with Gasteiger partial charge in [-0.15, -0.1) is 0 Å². The van der Waals surface area contributed by atoms with Crippen LogP contribution in [0.2, 0.25) is 0 Å². The van der Waals surface area contributed by atoms with Gasteiger partial charge in [-0.2, -0.15) is 0 Å². The molecule has 0 saturated carbocycles. The molecule has 2 unspecified atom stereocenters. The third kappa shape index (κ3) is 4.30. The second-order valence-corrected chi connectivity index (χ2v) is 8.01. The molecular formula is C15H26N2O2S. The Morgan fingerprint density at radius 3 is 2.25 bits per heavy atom. The highest BCUT2D eigenvalue weighted by Crippen LogP contribution is 2.22. The quantitative estimate of drug-likeness (QED) is 0.878. The Morgan fingerprint density at radius 2 is 1.75 bits per heavy atom. The van der Waals surface area contributed by atoms with Crippen LogP contribution < -0.4 is 10.0 Å². The molecule has 0 aliphatic rings. The number of sulfonamides is 1. The maximum absolute atomic E-state index is 12.4. The lowest BCUT2D eigenvalue weighted by molar-refractivity contribution is 0.317. The van der Waals surface area contributed by atoms with Gasteiger partial charge in [0.1, 0.15) is 0 Å². The Labute approximate surface area is 123 Å². The van der Waals surface area contributed by atoms with Gasteiger partial charge in [0, 0.05) is 12.1 Å². The van der Waals surface area contributed by atoms with Crippen LogP contribution in [0, 0.1) is 5.41 Å². The first-order valence-corrected chi connectivity index (χ1v) is 8.36. The van der Waals surface area contributed by atoms with Crippen molar-refractivity contribution in [3.63, 3.8) is 0 Å². The SMILES string of the molecule is CNC(C)c1cccc(S(=O)(=O)NC(C)C(C)(C)C)c1. The van der Waals surface area contributed by atoms with Gasteiger partial charge in [-0.25, -0.2) is 13.1 Å². The summed E-state index contributed by atoms with van der Waals surface area (Å²) in [7, 11) is -1.63. The van der Waals surface area contributed by atoms with Crippen molar-refractivity contribution in [1.82, 2.24) is 10.0 Å². The van der Waals surface area contributed by atoms with Crippen molar-refractivity contribution in [3.8, 4) is 0 Å². The maximum atomic E-state index is 12.4. The first kappa shape index (κ1) is 17.1. The summed E-state index contributed by atoms with van der Waals surface area (Å²) in [4.78, 5) is 0.313. The van der Waals surface area contributed by atoms with Gasteiger partial charge >= 0.3 is 0 Å². The minimum absolute atomic E-state index is 0.116. The summed E-state index contributed by atoms with van der Waals surface area (Å²) in [5.74, 6) is 0. The molecule has 0 saturated heterocycles. The summed E-state index contributed by atoms with van der Waals surface area (Å²) in [5, 5.41) is 3.11. The largest absolute Gasteiger partial charge is 0.313 e. The zero-order chi connectivity index (χ0) is 15.6. The molecule has 114 valence electrons. The van der Waals surface area contributed by atoms with Crippen LogP contribution >= 0.6 is 0 Å². The summed E-state index contributed by atoms with van der Waals surface area (Å²) in [6.07, 6.45) is 0. The van der Waals surface area contributed by atoms with Crippen LogP contribution in [0.5, 0.6) is 0 Å². The third-order valence-electron chi connectivity index (χ3n) is 3.73. The van der Waals surface area contributed by atoms with E-state index in [1.807, 2.05) is 47.7 Å². The average Bonchev–Trinajstić information content (AvgIpc) is 2.36. The van der Waals surface area contributed by atoms with Crippen LogP contribution in [0.3, 0.4) is 0 Å². The standard InChI is InChI=1S/C15H26N2O2S/c1-11(16-6)13-8-7-9-14(10-13)20(18,19)17-12(2)15(3,4)5/h7-12,16-17H,1-6H3. The Bertz CT molecular complexity index is 547. The highest BCUT2D eigenvalue weighted by molar-refractivity contribution is 7.89. The third-order valence-corrected chi connectivity index (χ3v) is 5.27. The molecule has 0 bridgehead atoms. The minimum Gasteiger partial charge on any atom is -0.313 e. The van der Waals surface area contributed by atoms with Gasteiger partial charge in [0.05, 0.1) is 4.90 Å². The van der Waals surface area contributed by atoms with Gasteiger partial charge in [-0.05, 0) is 44.0 Å². The molecule has 20 heavy (non-hydrogen) atoms. The van der Waals surface area contributed by atoms with Gasteiger partial charge in [0.15, 0.2) is 0 Å². The lowest BCUT2D eigenvalue weighted by Crippen LogP contribution is -2.41. The zero-order valence-corrected chi connectivity index (χ0v) is 14.0. The van der Waals surface area contributed by atoms with E-state index < -0.39 is 10.0 Å². The average molecular weight is 298 g/mol. The molecule has 5 heteroatoms. The summed E-state index contributed by atoms with van der Waals surface area (Å²) < 4.78 is 27.6. The van der Waals surface area contributed by atoms with E-state index in [4.69, 9.17) is 0 Å². The van der Waals surface area contributed by atoms with E-state index >= 15 is 0 Å². The van der Waals surface area contributed by atoms with E-state index in [0.717, 1.165) is 5.56 Å². The number of benzene rings is 1. The Hall–Kier alpha value is -0.910. The Kier molecular flexibility index (Phi) is 5.35. The second-order valence-electron chi connectivity index (χ2n) is 6.29. The molecule has 2 atom stereocenters. The van der Waals surface area contributed by atoms with E-state index in [1.165, 1.54) is 0 Å². The minimum atomic E-state index is -3.48. The van der Waals surface area contributed by atoms with Gasteiger partial charge in [-0.1, -0.05) is 32.9 Å². The van der Waals surface area contributed by atoms with E-state index in [2.05, 4.69) is 10.0 Å². The summed E-state index contributed by atoms with van der Waals surface area (Å²) >= 11 is 0. The summed E-state index contributed by atoms with van der Waals surface area (Å²) in [5.41, 5.74) is 0.835. The molecule has 0 aromatic heterocycles. The molecular weight excluding hydrogens is 272 g/mol. The molecule has 4 nitrogen and oxygen atoms in total. The molecule has 0 aliphatic heterocycles. The molecule has 1 rings (SSSR count). The predicted octanol–water partition coefficient (Wildman–Crippen LogP) is 2.68. The van der Waals surface area contributed by atoms with Crippen molar-refractivity contribution in [3.05, 3.63) is 29.8 Å². The van der Waals surface area contributed by atoms with E-state index in [0.29, 0.717) is 4.90 Å². The van der Waals surface area contributed by atoms with E-state index in [1.54, 1.807) is 18.2 Å². The highest BCUT2D eigenvalue weighted by Gasteiger charge is 2.26. The second kappa shape index (κ2) is 6.24. The summed E-state index contributed by atoms with van der Waals surface area (Å²) in [6.45, 7) is 9.92. The predicted molar refractivity (Wildman–Crippen MR) is 83.2 cm³/mol. The molecule has 2 N–H and O–H groups in total. The fraction of sp³-hybridized carbons (Fsp3) is 0.600. The fourth-order valence-electron chi connectivity index (χ4n) is 1.60. The first-order valence-electron chi connectivity index (χ1n) is 6.87. The Balaban J connectivity index is 3.05. The molecule has 0 spiro atoms. The molecule has 0 radical (unpaired) electrons. The number of hydrogen-bond acceptors (Lipinski definition) is 3. The normalized spacial score (nSPS) is 15.9. The topological polar surface area (TPSA) is 58.2 Å². The van der Waals surface area contributed by atoms with Gasteiger partial charge in [0.2, 0.25) is 10.0 Å². The van der Waals surface area contributed by atoms with Crippen LogP contribution in [0.4, 0.5) is 0 Å². The van der Waals surface area contributed by atoms with Crippen LogP contribution in [-0.4, -0.2) is 21.5 Å². The van der Waals surface area contributed by atoms with Crippen molar-refractivity contribution in [2.24, 2.45) is 5.41 Å². The molecule has 0 fully saturated rings. The fourth-order valence-corrected chi connectivity index (χ4v) is 3.10. The van der Waals surface area contributed by atoms with Crippen LogP contribution in [-0.2, 0) is 10.0 Å². The number of nitrogens with one attached hydrogen (secondary N) is 2. The molecule has 1 aromatic carbocycles. The van der Waals surface area contributed by atoms with Crippen LogP contribution in [0.1, 0.15) is 46.2 Å². The highest BCUT2D eigenvalue weighted by atomic mass is 32.2. The number of hydrogen-bond donors (Lipinski definition) is 2. The van der Waals surface area contributed by atoms with Crippen LogP contribution in [0.15, 0.2) is 29.2 Å². The van der Waals surface area contributed by atoms with Crippen molar-refractivity contribution in [2.45, 2.75) is 51.6 Å². The maximum Gasteiger partial charge on any atom is 0.240 e. The van der Waals surface area contributed by atoms with E-state index in [-0.39, 0.29) is 17.5 Å². The van der Waals surface area contributed by atoms with Crippen molar-refractivity contribution in [1.29, 1.82) is 0 Å². The Morgan fingerprint density at radius 1 is 1.15 bits per heavy atom. The van der Waals surface area contributed by atoms with Gasteiger partial charge < -0.3 is 5.32 Å². The molecule has 0 amide bonds. The smallest absolute Gasteiger partial charge is 0.240 e. The monoisotopic (exact) mass is 298 g/mol. The van der Waals surface area contributed by atoms with Crippen molar-refractivity contribution in [2.75, 3.05) is 7.05 Å². The molecule has 1 aromatic rings. The van der Waals surface area contributed by atoms with Crippen LogP contribution in [0.25, 0.3) is 0 Å². The lowest BCUT2D eigenvalue weighted by atomic mass is 9.89. The zero-order valence-electron chi connectivity index (χ0n) is 13.2. The van der Waals surface area contributed by atoms with Crippen molar-refractivity contribution >= 4 is 10.0 Å². The first-order chi connectivity index (χ1) is 9.08. The number of rotatable bonds is 5. The van der Waals surface area contributed by atoms with E-state index in [9.17, 15) is 8.42 Å². The lowest BCUT2D eigenvalue weighted by Gasteiger charge is -2.28.